The van der Waals surface area contributed by atoms with Gasteiger partial charge in [-0.1, -0.05) is 99.6 Å². The summed E-state index contributed by atoms with van der Waals surface area (Å²) in [6.45, 7) is 10.00. The quantitative estimate of drug-likeness (QED) is 0.195. The SMILES string of the molecule is CC(C)(C)C(c1nc(-c2ccccc2)cn1Cc1ccccc1)N(CCCNCC1CC1)C(=O)c1ccccc1. The normalized spacial score (nSPS) is 14.2. The van der Waals surface area contributed by atoms with E-state index in [0.717, 1.165) is 42.5 Å². The van der Waals surface area contributed by atoms with Gasteiger partial charge in [-0.25, -0.2) is 4.98 Å². The molecule has 1 aliphatic rings. The zero-order valence-electron chi connectivity index (χ0n) is 24.1. The number of carbonyl (C=O) groups is 1. The molecule has 3 aromatic carbocycles. The summed E-state index contributed by atoms with van der Waals surface area (Å²) in [4.78, 5) is 21.5. The first-order valence-corrected chi connectivity index (χ1v) is 14.6. The molecule has 1 aliphatic carbocycles. The molecule has 208 valence electrons. The van der Waals surface area contributed by atoms with E-state index in [0.29, 0.717) is 18.7 Å². The molecule has 1 fully saturated rings. The van der Waals surface area contributed by atoms with Crippen LogP contribution in [-0.2, 0) is 6.54 Å². The van der Waals surface area contributed by atoms with Gasteiger partial charge in [0.15, 0.2) is 0 Å². The summed E-state index contributed by atoms with van der Waals surface area (Å²) >= 11 is 0. The first kappa shape index (κ1) is 27.9. The molecule has 4 aromatic rings. The molecular weight excluding hydrogens is 492 g/mol. The van der Waals surface area contributed by atoms with Crippen LogP contribution in [0.5, 0.6) is 0 Å². The van der Waals surface area contributed by atoms with Crippen LogP contribution in [0.15, 0.2) is 97.2 Å². The summed E-state index contributed by atoms with van der Waals surface area (Å²) in [7, 11) is 0. The van der Waals surface area contributed by atoms with Gasteiger partial charge in [0.05, 0.1) is 11.7 Å². The zero-order valence-corrected chi connectivity index (χ0v) is 24.1. The minimum absolute atomic E-state index is 0.0539. The van der Waals surface area contributed by atoms with Gasteiger partial charge in [0.25, 0.3) is 5.91 Å². The lowest BCUT2D eigenvalue weighted by Crippen LogP contribution is -2.43. The summed E-state index contributed by atoms with van der Waals surface area (Å²) in [6, 6.07) is 30.3. The van der Waals surface area contributed by atoms with Crippen LogP contribution in [0.2, 0.25) is 0 Å². The second kappa shape index (κ2) is 12.6. The number of carbonyl (C=O) groups excluding carboxylic acids is 1. The molecule has 1 unspecified atom stereocenters. The highest BCUT2D eigenvalue weighted by atomic mass is 16.2. The number of aromatic nitrogens is 2. The fourth-order valence-corrected chi connectivity index (χ4v) is 5.39. The number of amides is 1. The van der Waals surface area contributed by atoms with Gasteiger partial charge < -0.3 is 14.8 Å². The van der Waals surface area contributed by atoms with Crippen LogP contribution in [0, 0.1) is 11.3 Å². The van der Waals surface area contributed by atoms with Gasteiger partial charge in [-0.15, -0.1) is 0 Å². The Morgan fingerprint density at radius 3 is 2.20 bits per heavy atom. The number of nitrogens with zero attached hydrogens (tertiary/aromatic N) is 3. The first-order chi connectivity index (χ1) is 19.4. The maximum absolute atomic E-state index is 14.2. The number of imidazole rings is 1. The topological polar surface area (TPSA) is 50.2 Å². The van der Waals surface area contributed by atoms with E-state index in [4.69, 9.17) is 4.98 Å². The Bertz CT molecular complexity index is 1360. The van der Waals surface area contributed by atoms with Crippen LogP contribution in [0.3, 0.4) is 0 Å². The Labute approximate surface area is 239 Å². The largest absolute Gasteiger partial charge is 0.328 e. The van der Waals surface area contributed by atoms with Crippen LogP contribution >= 0.6 is 0 Å². The van der Waals surface area contributed by atoms with Crippen LogP contribution in [0.1, 0.15) is 67.8 Å². The number of hydrogen-bond donors (Lipinski definition) is 1. The molecular formula is C35H42N4O. The molecule has 1 amide bonds. The third kappa shape index (κ3) is 7.08. The number of benzene rings is 3. The van der Waals surface area contributed by atoms with Crippen LogP contribution in [0.25, 0.3) is 11.3 Å². The Hall–Kier alpha value is -3.70. The van der Waals surface area contributed by atoms with Crippen molar-refractivity contribution in [3.8, 4) is 11.3 Å². The van der Waals surface area contributed by atoms with Crippen LogP contribution in [-0.4, -0.2) is 40.0 Å². The Balaban J connectivity index is 1.54. The maximum atomic E-state index is 14.2. The second-order valence-electron chi connectivity index (χ2n) is 12.1. The standard InChI is InChI=1S/C35H42N4O/c1-35(2,3)32(39(23-13-22-36-24-27-20-21-27)34(40)30-18-11-6-12-19-30)33-37-31(29-16-9-5-10-17-29)26-38(33)25-28-14-7-4-8-15-28/h4-12,14-19,26-27,32,36H,13,20-25H2,1-3H3. The second-order valence-corrected chi connectivity index (χ2v) is 12.1. The van der Waals surface area contributed by atoms with E-state index in [1.165, 1.54) is 18.4 Å². The van der Waals surface area contributed by atoms with E-state index >= 15 is 0 Å². The number of nitrogens with one attached hydrogen (secondary N) is 1. The van der Waals surface area contributed by atoms with Crippen molar-refractivity contribution in [1.29, 1.82) is 0 Å². The Morgan fingerprint density at radius 2 is 1.57 bits per heavy atom. The first-order valence-electron chi connectivity index (χ1n) is 14.6. The number of hydrogen-bond acceptors (Lipinski definition) is 3. The van der Waals surface area contributed by atoms with E-state index in [2.05, 4.69) is 78.2 Å². The van der Waals surface area contributed by atoms with Crippen molar-refractivity contribution < 1.29 is 4.79 Å². The molecule has 0 radical (unpaired) electrons. The van der Waals surface area contributed by atoms with Crippen molar-refractivity contribution in [2.75, 3.05) is 19.6 Å². The van der Waals surface area contributed by atoms with Crippen molar-refractivity contribution in [2.24, 2.45) is 11.3 Å². The fraction of sp³-hybridized carbons (Fsp3) is 0.371. The van der Waals surface area contributed by atoms with E-state index in [9.17, 15) is 4.79 Å². The highest BCUT2D eigenvalue weighted by Crippen LogP contribution is 2.40. The van der Waals surface area contributed by atoms with Gasteiger partial charge in [0, 0.05) is 30.4 Å². The molecule has 40 heavy (non-hydrogen) atoms. The van der Waals surface area contributed by atoms with Crippen molar-refractivity contribution in [2.45, 2.75) is 52.6 Å². The molecule has 1 N–H and O–H groups in total. The molecule has 1 atom stereocenters. The summed E-state index contributed by atoms with van der Waals surface area (Å²) in [6.07, 6.45) is 5.72. The van der Waals surface area contributed by atoms with E-state index < -0.39 is 0 Å². The van der Waals surface area contributed by atoms with Crippen molar-refractivity contribution in [3.05, 3.63) is 114 Å². The minimum Gasteiger partial charge on any atom is -0.328 e. The molecule has 0 saturated heterocycles. The lowest BCUT2D eigenvalue weighted by atomic mass is 9.84. The van der Waals surface area contributed by atoms with E-state index in [1.54, 1.807) is 0 Å². The Kier molecular flexibility index (Phi) is 8.81. The lowest BCUT2D eigenvalue weighted by Gasteiger charge is -2.40. The highest BCUT2D eigenvalue weighted by Gasteiger charge is 2.38. The lowest BCUT2D eigenvalue weighted by molar-refractivity contribution is 0.0480. The van der Waals surface area contributed by atoms with Crippen LogP contribution in [0.4, 0.5) is 0 Å². The minimum atomic E-state index is -0.250. The van der Waals surface area contributed by atoms with Gasteiger partial charge in [-0.2, -0.15) is 0 Å². The molecule has 5 rings (SSSR count). The fourth-order valence-electron chi connectivity index (χ4n) is 5.39. The third-order valence-electron chi connectivity index (χ3n) is 7.61. The van der Waals surface area contributed by atoms with Gasteiger partial charge in [0.2, 0.25) is 0 Å². The average molecular weight is 535 g/mol. The van der Waals surface area contributed by atoms with Gasteiger partial charge in [-0.3, -0.25) is 4.79 Å². The number of rotatable bonds is 12. The molecule has 1 heterocycles. The summed E-state index contributed by atoms with van der Waals surface area (Å²) < 4.78 is 2.25. The smallest absolute Gasteiger partial charge is 0.254 e. The van der Waals surface area contributed by atoms with Gasteiger partial charge >= 0.3 is 0 Å². The molecule has 1 aromatic heterocycles. The van der Waals surface area contributed by atoms with Crippen molar-refractivity contribution in [1.82, 2.24) is 19.8 Å². The predicted octanol–water partition coefficient (Wildman–Crippen LogP) is 7.22. The predicted molar refractivity (Wildman–Crippen MR) is 163 cm³/mol. The molecule has 1 saturated carbocycles. The maximum Gasteiger partial charge on any atom is 0.254 e. The summed E-state index contributed by atoms with van der Waals surface area (Å²) in [5.74, 6) is 1.81. The molecule has 5 heteroatoms. The van der Waals surface area contributed by atoms with E-state index in [-0.39, 0.29) is 17.4 Å². The molecule has 5 nitrogen and oxygen atoms in total. The summed E-state index contributed by atoms with van der Waals surface area (Å²) in [5.41, 5.74) is 3.68. The monoisotopic (exact) mass is 534 g/mol. The third-order valence-corrected chi connectivity index (χ3v) is 7.61. The average Bonchev–Trinajstić information content (AvgIpc) is 3.71. The van der Waals surface area contributed by atoms with Crippen molar-refractivity contribution in [3.63, 3.8) is 0 Å². The van der Waals surface area contributed by atoms with Crippen molar-refractivity contribution >= 4 is 5.91 Å². The summed E-state index contributed by atoms with van der Waals surface area (Å²) in [5, 5.41) is 3.61. The zero-order chi connectivity index (χ0) is 28.0. The Morgan fingerprint density at radius 1 is 0.950 bits per heavy atom. The van der Waals surface area contributed by atoms with E-state index in [1.807, 2.05) is 54.6 Å². The molecule has 0 aliphatic heterocycles. The molecule has 0 spiro atoms. The molecule has 0 bridgehead atoms. The van der Waals surface area contributed by atoms with Gasteiger partial charge in [0.1, 0.15) is 5.82 Å². The highest BCUT2D eigenvalue weighted by molar-refractivity contribution is 5.94. The van der Waals surface area contributed by atoms with Gasteiger partial charge in [-0.05, 0) is 61.4 Å². The van der Waals surface area contributed by atoms with Crippen LogP contribution < -0.4 is 5.32 Å².